The van der Waals surface area contributed by atoms with Gasteiger partial charge in [0.2, 0.25) is 0 Å². The summed E-state index contributed by atoms with van der Waals surface area (Å²) in [6, 6.07) is 6.82. The minimum absolute atomic E-state index is 0.213. The van der Waals surface area contributed by atoms with Crippen LogP contribution in [0.2, 0.25) is 0 Å². The first-order valence-electron chi connectivity index (χ1n) is 7.69. The number of fused-ring (bicyclic) bond motifs is 1. The summed E-state index contributed by atoms with van der Waals surface area (Å²) in [6.07, 6.45) is 0.917. The Balaban J connectivity index is 1.77. The zero-order chi connectivity index (χ0) is 15.2. The quantitative estimate of drug-likeness (QED) is 0.811. The summed E-state index contributed by atoms with van der Waals surface area (Å²) in [5, 5.41) is 0.863. The third-order valence-electron chi connectivity index (χ3n) is 4.53. The number of hydrogen-bond donors (Lipinski definition) is 0. The van der Waals surface area contributed by atoms with Crippen LogP contribution in [0.5, 0.6) is 0 Å². The van der Waals surface area contributed by atoms with E-state index in [-0.39, 0.29) is 11.4 Å². The van der Waals surface area contributed by atoms with Crippen molar-refractivity contribution in [1.29, 1.82) is 0 Å². The summed E-state index contributed by atoms with van der Waals surface area (Å²) in [6.45, 7) is 5.61. The van der Waals surface area contributed by atoms with Gasteiger partial charge in [-0.05, 0) is 31.2 Å². The smallest absolute Gasteiger partial charge is 0.124 e. The molecule has 3 heterocycles. The molecule has 0 aliphatic carbocycles. The van der Waals surface area contributed by atoms with Crippen LogP contribution in [0.25, 0.3) is 10.9 Å². The molecule has 1 aromatic heterocycles. The van der Waals surface area contributed by atoms with E-state index in [4.69, 9.17) is 9.47 Å². The van der Waals surface area contributed by atoms with E-state index in [9.17, 15) is 4.39 Å². The van der Waals surface area contributed by atoms with E-state index >= 15 is 0 Å². The van der Waals surface area contributed by atoms with Crippen molar-refractivity contribution in [2.24, 2.45) is 0 Å². The summed E-state index contributed by atoms with van der Waals surface area (Å²) in [7, 11) is 0. The molecule has 22 heavy (non-hydrogen) atoms. The third kappa shape index (κ3) is 2.34. The number of anilines is 1. The Labute approximate surface area is 128 Å². The van der Waals surface area contributed by atoms with E-state index in [2.05, 4.69) is 9.88 Å². The molecule has 2 saturated heterocycles. The number of pyridine rings is 1. The number of aromatic nitrogens is 1. The maximum atomic E-state index is 13.7. The molecule has 0 amide bonds. The van der Waals surface area contributed by atoms with Gasteiger partial charge in [0.05, 0.1) is 18.7 Å². The molecule has 0 bridgehead atoms. The highest BCUT2D eigenvalue weighted by molar-refractivity contribution is 5.92. The van der Waals surface area contributed by atoms with Crippen LogP contribution in [0.4, 0.5) is 10.1 Å². The van der Waals surface area contributed by atoms with Crippen molar-refractivity contribution < 1.29 is 13.9 Å². The Bertz CT molecular complexity index is 713. The van der Waals surface area contributed by atoms with Crippen LogP contribution >= 0.6 is 0 Å². The van der Waals surface area contributed by atoms with Crippen LogP contribution in [-0.2, 0) is 9.47 Å². The fourth-order valence-corrected chi connectivity index (χ4v) is 3.45. The number of benzene rings is 1. The number of halogens is 1. The molecule has 2 aliphatic heterocycles. The molecule has 4 nitrogen and oxygen atoms in total. The molecule has 1 atom stereocenters. The Hall–Kier alpha value is -1.72. The molecule has 1 unspecified atom stereocenters. The predicted molar refractivity (Wildman–Crippen MR) is 82.8 cm³/mol. The second-order valence-corrected chi connectivity index (χ2v) is 6.20. The summed E-state index contributed by atoms with van der Waals surface area (Å²) in [4.78, 5) is 6.80. The maximum Gasteiger partial charge on any atom is 0.124 e. The lowest BCUT2D eigenvalue weighted by Crippen LogP contribution is -2.52. The molecule has 1 aromatic carbocycles. The normalized spacial score (nSPS) is 25.3. The second-order valence-electron chi connectivity index (χ2n) is 6.20. The van der Waals surface area contributed by atoms with Gasteiger partial charge in [-0.3, -0.25) is 4.98 Å². The van der Waals surface area contributed by atoms with Crippen LogP contribution in [0.1, 0.15) is 12.1 Å². The van der Waals surface area contributed by atoms with Gasteiger partial charge in [-0.15, -0.1) is 0 Å². The highest BCUT2D eigenvalue weighted by Crippen LogP contribution is 2.33. The molecule has 0 saturated carbocycles. The second kappa shape index (κ2) is 5.18. The van der Waals surface area contributed by atoms with Gasteiger partial charge in [0.1, 0.15) is 11.4 Å². The molecule has 4 rings (SSSR count). The maximum absolute atomic E-state index is 13.7. The average molecular weight is 302 g/mol. The Morgan fingerprint density at radius 1 is 1.27 bits per heavy atom. The highest BCUT2D eigenvalue weighted by Gasteiger charge is 2.40. The molecule has 1 spiro atoms. The van der Waals surface area contributed by atoms with Gasteiger partial charge in [0, 0.05) is 42.9 Å². The fourth-order valence-electron chi connectivity index (χ4n) is 3.45. The number of aryl methyl sites for hydroxylation is 1. The van der Waals surface area contributed by atoms with Gasteiger partial charge < -0.3 is 14.4 Å². The standard InChI is InChI=1S/C17H19FN2O2/c1-12-8-16(14-9-13(18)2-3-15(14)19-12)20-5-7-22-17(10-20)4-6-21-11-17/h2-3,8-9H,4-7,10-11H2,1H3. The van der Waals surface area contributed by atoms with Gasteiger partial charge in [-0.25, -0.2) is 4.39 Å². The largest absolute Gasteiger partial charge is 0.378 e. The average Bonchev–Trinajstić information content (AvgIpc) is 2.95. The minimum atomic E-state index is -0.230. The number of nitrogens with zero attached hydrogens (tertiary/aromatic N) is 2. The van der Waals surface area contributed by atoms with Crippen LogP contribution in [0, 0.1) is 12.7 Å². The summed E-state index contributed by atoms with van der Waals surface area (Å²) in [5.74, 6) is -0.230. The molecule has 2 aromatic rings. The minimum Gasteiger partial charge on any atom is -0.378 e. The SMILES string of the molecule is Cc1cc(N2CCOC3(CCOC3)C2)c2cc(F)ccc2n1. The van der Waals surface area contributed by atoms with E-state index in [0.717, 1.165) is 48.4 Å². The summed E-state index contributed by atoms with van der Waals surface area (Å²) < 4.78 is 25.2. The molecule has 0 radical (unpaired) electrons. The van der Waals surface area contributed by atoms with Crippen molar-refractivity contribution in [3.05, 3.63) is 35.8 Å². The fraction of sp³-hybridized carbons (Fsp3) is 0.471. The predicted octanol–water partition coefficient (Wildman–Crippen LogP) is 2.68. The molecular weight excluding hydrogens is 283 g/mol. The van der Waals surface area contributed by atoms with Crippen LogP contribution in [-0.4, -0.2) is 43.5 Å². The van der Waals surface area contributed by atoms with E-state index in [1.54, 1.807) is 12.1 Å². The molecular formula is C17H19FN2O2. The molecule has 0 N–H and O–H groups in total. The molecule has 2 fully saturated rings. The first kappa shape index (κ1) is 13.9. The molecule has 5 heteroatoms. The highest BCUT2D eigenvalue weighted by atomic mass is 19.1. The number of hydrogen-bond acceptors (Lipinski definition) is 4. The Morgan fingerprint density at radius 2 is 2.18 bits per heavy atom. The van der Waals surface area contributed by atoms with Crippen molar-refractivity contribution in [3.8, 4) is 0 Å². The van der Waals surface area contributed by atoms with E-state index < -0.39 is 0 Å². The van der Waals surface area contributed by atoms with Crippen molar-refractivity contribution in [2.45, 2.75) is 18.9 Å². The first-order chi connectivity index (χ1) is 10.7. The zero-order valence-corrected chi connectivity index (χ0v) is 12.6. The summed E-state index contributed by atoms with van der Waals surface area (Å²) in [5.41, 5.74) is 2.60. The zero-order valence-electron chi connectivity index (χ0n) is 12.6. The number of morpholine rings is 1. The number of rotatable bonds is 1. The van der Waals surface area contributed by atoms with Crippen LogP contribution in [0.3, 0.4) is 0 Å². The van der Waals surface area contributed by atoms with Crippen molar-refractivity contribution in [3.63, 3.8) is 0 Å². The lowest BCUT2D eigenvalue weighted by atomic mass is 9.99. The first-order valence-corrected chi connectivity index (χ1v) is 7.69. The Kier molecular flexibility index (Phi) is 3.27. The lowest BCUT2D eigenvalue weighted by Gasteiger charge is -2.41. The van der Waals surface area contributed by atoms with Gasteiger partial charge >= 0.3 is 0 Å². The van der Waals surface area contributed by atoms with Gasteiger partial charge in [-0.1, -0.05) is 0 Å². The van der Waals surface area contributed by atoms with Crippen LogP contribution < -0.4 is 4.90 Å². The van der Waals surface area contributed by atoms with E-state index in [1.165, 1.54) is 6.07 Å². The Morgan fingerprint density at radius 3 is 3.00 bits per heavy atom. The van der Waals surface area contributed by atoms with Crippen LogP contribution in [0.15, 0.2) is 24.3 Å². The van der Waals surface area contributed by atoms with Crippen molar-refractivity contribution >= 4 is 16.6 Å². The summed E-state index contributed by atoms with van der Waals surface area (Å²) >= 11 is 0. The van der Waals surface area contributed by atoms with E-state index in [0.29, 0.717) is 13.2 Å². The van der Waals surface area contributed by atoms with Gasteiger partial charge in [0.15, 0.2) is 0 Å². The van der Waals surface area contributed by atoms with Gasteiger partial charge in [-0.2, -0.15) is 0 Å². The van der Waals surface area contributed by atoms with Gasteiger partial charge in [0.25, 0.3) is 0 Å². The molecule has 116 valence electrons. The van der Waals surface area contributed by atoms with Crippen molar-refractivity contribution in [1.82, 2.24) is 4.98 Å². The van der Waals surface area contributed by atoms with E-state index in [1.807, 2.05) is 13.0 Å². The molecule has 2 aliphatic rings. The monoisotopic (exact) mass is 302 g/mol. The van der Waals surface area contributed by atoms with Crippen molar-refractivity contribution in [2.75, 3.05) is 37.8 Å². The lowest BCUT2D eigenvalue weighted by molar-refractivity contribution is -0.0578. The number of ether oxygens (including phenoxy) is 2. The topological polar surface area (TPSA) is 34.6 Å². The third-order valence-corrected chi connectivity index (χ3v) is 4.53.